The normalized spacial score (nSPS) is 12.6. The van der Waals surface area contributed by atoms with Gasteiger partial charge in [-0.1, -0.05) is 22.9 Å². The summed E-state index contributed by atoms with van der Waals surface area (Å²) in [6.07, 6.45) is 4.61. The van der Waals surface area contributed by atoms with E-state index in [1.165, 1.54) is 12.1 Å². The zero-order valence-corrected chi connectivity index (χ0v) is 12.2. The van der Waals surface area contributed by atoms with Crippen molar-refractivity contribution in [1.29, 1.82) is 0 Å². The first-order chi connectivity index (χ1) is 9.17. The lowest BCUT2D eigenvalue weighted by Gasteiger charge is -2.19. The van der Waals surface area contributed by atoms with Gasteiger partial charge < -0.3 is 4.57 Å². The number of halogens is 2. The highest BCUT2D eigenvalue weighted by atomic mass is 79.9. The number of aromatic nitrogens is 2. The topological polar surface area (TPSA) is 55.9 Å². The van der Waals surface area contributed by atoms with Crippen molar-refractivity contribution in [3.8, 4) is 0 Å². The standard InChI is InChI=1S/C13H16BrFN4/c1-2-6-19-7-5-17-13(19)12(18-16)10-8-9(15)3-4-11(10)14/h3-5,7-8,12,18H,2,6,16H2,1H3. The van der Waals surface area contributed by atoms with Gasteiger partial charge >= 0.3 is 0 Å². The molecule has 0 radical (unpaired) electrons. The molecule has 2 aromatic rings. The molecule has 0 fully saturated rings. The summed E-state index contributed by atoms with van der Waals surface area (Å²) >= 11 is 3.42. The Morgan fingerprint density at radius 2 is 2.32 bits per heavy atom. The Labute approximate surface area is 119 Å². The number of nitrogens with zero attached hydrogens (tertiary/aromatic N) is 2. The first kappa shape index (κ1) is 14.2. The van der Waals surface area contributed by atoms with Crippen molar-refractivity contribution < 1.29 is 4.39 Å². The molecule has 0 aliphatic heterocycles. The van der Waals surface area contributed by atoms with Crippen molar-refractivity contribution in [3.05, 3.63) is 52.3 Å². The molecule has 0 amide bonds. The van der Waals surface area contributed by atoms with Crippen molar-refractivity contribution in [2.24, 2.45) is 5.84 Å². The molecule has 19 heavy (non-hydrogen) atoms. The third-order valence-corrected chi connectivity index (χ3v) is 3.63. The zero-order chi connectivity index (χ0) is 13.8. The van der Waals surface area contributed by atoms with Gasteiger partial charge in [0, 0.05) is 23.4 Å². The summed E-state index contributed by atoms with van der Waals surface area (Å²) in [4.78, 5) is 4.33. The average Bonchev–Trinajstić information content (AvgIpc) is 2.83. The molecule has 0 spiro atoms. The summed E-state index contributed by atoms with van der Waals surface area (Å²) < 4.78 is 16.2. The Morgan fingerprint density at radius 1 is 1.53 bits per heavy atom. The second-order valence-electron chi connectivity index (χ2n) is 4.24. The van der Waals surface area contributed by atoms with Gasteiger partial charge in [-0.15, -0.1) is 0 Å². The van der Waals surface area contributed by atoms with Crippen LogP contribution in [0.4, 0.5) is 4.39 Å². The van der Waals surface area contributed by atoms with E-state index >= 15 is 0 Å². The van der Waals surface area contributed by atoms with E-state index < -0.39 is 0 Å². The van der Waals surface area contributed by atoms with Crippen LogP contribution in [0.3, 0.4) is 0 Å². The number of hydrogen-bond donors (Lipinski definition) is 2. The van der Waals surface area contributed by atoms with E-state index in [1.54, 1.807) is 12.3 Å². The predicted octanol–water partition coefficient (Wildman–Crippen LogP) is 2.75. The van der Waals surface area contributed by atoms with Crippen molar-refractivity contribution in [2.45, 2.75) is 25.9 Å². The monoisotopic (exact) mass is 326 g/mol. The van der Waals surface area contributed by atoms with E-state index in [9.17, 15) is 4.39 Å². The summed E-state index contributed by atoms with van der Waals surface area (Å²) in [6.45, 7) is 2.94. The quantitative estimate of drug-likeness (QED) is 0.656. The maximum atomic E-state index is 13.4. The van der Waals surface area contributed by atoms with Gasteiger partial charge in [0.25, 0.3) is 0 Å². The summed E-state index contributed by atoms with van der Waals surface area (Å²) in [6, 6.07) is 4.17. The number of rotatable bonds is 5. The van der Waals surface area contributed by atoms with Crippen molar-refractivity contribution in [1.82, 2.24) is 15.0 Å². The fraction of sp³-hybridized carbons (Fsp3) is 0.308. The Bertz CT molecular complexity index is 555. The molecular weight excluding hydrogens is 311 g/mol. The van der Waals surface area contributed by atoms with Gasteiger partial charge in [-0.2, -0.15) is 0 Å². The van der Waals surface area contributed by atoms with Gasteiger partial charge in [-0.05, 0) is 30.2 Å². The average molecular weight is 327 g/mol. The first-order valence-corrected chi connectivity index (χ1v) is 6.88. The maximum absolute atomic E-state index is 13.4. The van der Waals surface area contributed by atoms with Crippen LogP contribution >= 0.6 is 15.9 Å². The van der Waals surface area contributed by atoms with Gasteiger partial charge in [0.2, 0.25) is 0 Å². The van der Waals surface area contributed by atoms with E-state index in [2.05, 4.69) is 33.3 Å². The highest BCUT2D eigenvalue weighted by Gasteiger charge is 2.20. The molecule has 4 nitrogen and oxygen atoms in total. The minimum Gasteiger partial charge on any atom is -0.333 e. The van der Waals surface area contributed by atoms with Crippen LogP contribution in [0.2, 0.25) is 0 Å². The van der Waals surface area contributed by atoms with E-state index in [1.807, 2.05) is 10.8 Å². The molecule has 2 rings (SSSR count). The van der Waals surface area contributed by atoms with Gasteiger partial charge in [0.1, 0.15) is 17.7 Å². The van der Waals surface area contributed by atoms with Crippen molar-refractivity contribution in [3.63, 3.8) is 0 Å². The van der Waals surface area contributed by atoms with Crippen LogP contribution in [-0.4, -0.2) is 9.55 Å². The van der Waals surface area contributed by atoms with Crippen LogP contribution in [0.25, 0.3) is 0 Å². The number of hydrogen-bond acceptors (Lipinski definition) is 3. The molecule has 1 aromatic carbocycles. The molecule has 1 unspecified atom stereocenters. The second kappa shape index (κ2) is 6.27. The molecule has 1 aromatic heterocycles. The van der Waals surface area contributed by atoms with Gasteiger partial charge in [0.15, 0.2) is 0 Å². The Morgan fingerprint density at radius 3 is 3.00 bits per heavy atom. The molecular formula is C13H16BrFN4. The summed E-state index contributed by atoms with van der Waals surface area (Å²) in [5, 5.41) is 0. The minimum atomic E-state index is -0.355. The number of imidazole rings is 1. The van der Waals surface area contributed by atoms with Crippen LogP contribution in [0.5, 0.6) is 0 Å². The molecule has 0 saturated carbocycles. The van der Waals surface area contributed by atoms with Crippen molar-refractivity contribution >= 4 is 15.9 Å². The van der Waals surface area contributed by atoms with E-state index in [-0.39, 0.29) is 11.9 Å². The largest absolute Gasteiger partial charge is 0.333 e. The first-order valence-electron chi connectivity index (χ1n) is 6.09. The fourth-order valence-corrected chi connectivity index (χ4v) is 2.53. The zero-order valence-electron chi connectivity index (χ0n) is 10.6. The predicted molar refractivity (Wildman–Crippen MR) is 75.8 cm³/mol. The van der Waals surface area contributed by atoms with E-state index in [0.29, 0.717) is 0 Å². The molecule has 1 heterocycles. The minimum absolute atomic E-state index is 0.299. The van der Waals surface area contributed by atoms with Gasteiger partial charge in [-0.3, -0.25) is 5.84 Å². The summed E-state index contributed by atoms with van der Waals surface area (Å²) in [7, 11) is 0. The van der Waals surface area contributed by atoms with Crippen LogP contribution in [0.15, 0.2) is 35.1 Å². The number of nitrogens with two attached hydrogens (primary N) is 1. The number of nitrogens with one attached hydrogen (secondary N) is 1. The molecule has 102 valence electrons. The highest BCUT2D eigenvalue weighted by Crippen LogP contribution is 2.28. The molecule has 3 N–H and O–H groups in total. The SMILES string of the molecule is CCCn1ccnc1C(NN)c1cc(F)ccc1Br. The van der Waals surface area contributed by atoms with Crippen LogP contribution in [0.1, 0.15) is 30.8 Å². The molecule has 0 bridgehead atoms. The fourth-order valence-electron chi connectivity index (χ4n) is 2.05. The lowest BCUT2D eigenvalue weighted by Crippen LogP contribution is -2.31. The molecule has 0 saturated heterocycles. The number of aryl methyl sites for hydroxylation is 1. The third kappa shape index (κ3) is 3.02. The van der Waals surface area contributed by atoms with Gasteiger partial charge in [0.05, 0.1) is 0 Å². The second-order valence-corrected chi connectivity index (χ2v) is 5.10. The Kier molecular flexibility index (Phi) is 4.68. The third-order valence-electron chi connectivity index (χ3n) is 2.91. The summed E-state index contributed by atoms with van der Waals surface area (Å²) in [5.74, 6) is 6.11. The maximum Gasteiger partial charge on any atom is 0.131 e. The van der Waals surface area contributed by atoms with Crippen LogP contribution in [-0.2, 0) is 6.54 Å². The van der Waals surface area contributed by atoms with Crippen LogP contribution in [0, 0.1) is 5.82 Å². The van der Waals surface area contributed by atoms with Crippen molar-refractivity contribution in [2.75, 3.05) is 0 Å². The molecule has 6 heteroatoms. The van der Waals surface area contributed by atoms with E-state index in [4.69, 9.17) is 5.84 Å². The molecule has 0 aliphatic rings. The Hall–Kier alpha value is -1.24. The van der Waals surface area contributed by atoms with E-state index in [0.717, 1.165) is 28.8 Å². The molecule has 0 aliphatic carbocycles. The van der Waals surface area contributed by atoms with Gasteiger partial charge in [-0.25, -0.2) is 14.8 Å². The summed E-state index contributed by atoms with van der Waals surface area (Å²) in [5.41, 5.74) is 3.44. The Balaban J connectivity index is 2.44. The molecule has 1 atom stereocenters. The highest BCUT2D eigenvalue weighted by molar-refractivity contribution is 9.10. The lowest BCUT2D eigenvalue weighted by atomic mass is 10.1. The smallest absolute Gasteiger partial charge is 0.131 e. The number of hydrazine groups is 1. The van der Waals surface area contributed by atoms with Crippen LogP contribution < -0.4 is 11.3 Å². The number of benzene rings is 1. The lowest BCUT2D eigenvalue weighted by molar-refractivity contribution is 0.539.